The zero-order valence-electron chi connectivity index (χ0n) is 15.7. The number of carbonyl (C=O) groups is 2. The maximum atomic E-state index is 12.4. The minimum absolute atomic E-state index is 0.113. The van der Waals surface area contributed by atoms with E-state index in [2.05, 4.69) is 6.07 Å². The van der Waals surface area contributed by atoms with Crippen molar-refractivity contribution in [3.63, 3.8) is 0 Å². The van der Waals surface area contributed by atoms with E-state index in [0.29, 0.717) is 13.0 Å². The lowest BCUT2D eigenvalue weighted by Crippen LogP contribution is -2.41. The first kappa shape index (κ1) is 18.8. The Hall–Kier alpha value is -1.95. The second-order valence-electron chi connectivity index (χ2n) is 8.10. The van der Waals surface area contributed by atoms with Gasteiger partial charge in [0.05, 0.1) is 21.6 Å². The highest BCUT2D eigenvalue weighted by Gasteiger charge is 2.27. The van der Waals surface area contributed by atoms with Crippen LogP contribution in [0.3, 0.4) is 0 Å². The third kappa shape index (κ3) is 4.81. The number of hydrogen-bond donors (Lipinski definition) is 0. The number of amides is 1. The summed E-state index contributed by atoms with van der Waals surface area (Å²) in [5.74, 6) is -0.168. The van der Waals surface area contributed by atoms with Crippen molar-refractivity contribution in [2.45, 2.75) is 46.0 Å². The minimum Gasteiger partial charge on any atom is -0.456 e. The Balaban J connectivity index is 1.57. The van der Waals surface area contributed by atoms with Crippen molar-refractivity contribution in [2.75, 3.05) is 19.7 Å². The summed E-state index contributed by atoms with van der Waals surface area (Å²) in [4.78, 5) is 30.8. The van der Waals surface area contributed by atoms with Crippen molar-refractivity contribution in [1.82, 2.24) is 9.88 Å². The van der Waals surface area contributed by atoms with Crippen LogP contribution >= 0.6 is 11.3 Å². The van der Waals surface area contributed by atoms with Crippen LogP contribution in [-0.2, 0) is 14.3 Å². The summed E-state index contributed by atoms with van der Waals surface area (Å²) in [5.41, 5.74) is 0.885. The maximum Gasteiger partial charge on any atom is 0.306 e. The molecule has 140 valence electrons. The fourth-order valence-electron chi connectivity index (χ4n) is 3.19. The Kier molecular flexibility index (Phi) is 5.61. The van der Waals surface area contributed by atoms with Crippen LogP contribution in [0.2, 0.25) is 0 Å². The molecule has 0 spiro atoms. The molecule has 0 unspecified atom stereocenters. The number of benzene rings is 1. The second kappa shape index (κ2) is 7.74. The molecule has 1 saturated heterocycles. The van der Waals surface area contributed by atoms with Crippen molar-refractivity contribution < 1.29 is 14.3 Å². The minimum atomic E-state index is -0.314. The van der Waals surface area contributed by atoms with Crippen LogP contribution in [0.15, 0.2) is 24.3 Å². The molecule has 0 aliphatic carbocycles. The normalized spacial score (nSPS) is 18.1. The maximum absolute atomic E-state index is 12.4. The van der Waals surface area contributed by atoms with E-state index in [9.17, 15) is 9.59 Å². The van der Waals surface area contributed by atoms with Crippen LogP contribution in [0, 0.1) is 5.41 Å². The first-order chi connectivity index (χ1) is 12.3. The highest BCUT2D eigenvalue weighted by atomic mass is 32.1. The van der Waals surface area contributed by atoms with Gasteiger partial charge < -0.3 is 9.64 Å². The molecule has 1 aromatic heterocycles. The molecule has 1 fully saturated rings. The molecule has 0 saturated carbocycles. The largest absolute Gasteiger partial charge is 0.456 e. The topological polar surface area (TPSA) is 59.5 Å². The van der Waals surface area contributed by atoms with Crippen molar-refractivity contribution in [3.8, 4) is 0 Å². The van der Waals surface area contributed by atoms with Crippen LogP contribution in [0.1, 0.15) is 51.0 Å². The average molecular weight is 375 g/mol. The fraction of sp³-hybridized carbons (Fsp3) is 0.550. The fourth-order valence-corrected chi connectivity index (χ4v) is 4.28. The number of nitrogens with zero attached hydrogens (tertiary/aromatic N) is 2. The van der Waals surface area contributed by atoms with Crippen LogP contribution < -0.4 is 0 Å². The van der Waals surface area contributed by atoms with E-state index in [4.69, 9.17) is 9.72 Å². The lowest BCUT2D eigenvalue weighted by atomic mass is 9.92. The Morgan fingerprint density at radius 3 is 2.81 bits per heavy atom. The average Bonchev–Trinajstić information content (AvgIpc) is 3.02. The number of ether oxygens (including phenoxy) is 1. The first-order valence-corrected chi connectivity index (χ1v) is 9.92. The van der Waals surface area contributed by atoms with Crippen LogP contribution in [0.25, 0.3) is 10.2 Å². The lowest BCUT2D eigenvalue weighted by molar-refractivity contribution is -0.154. The predicted molar refractivity (Wildman–Crippen MR) is 103 cm³/mol. The molecule has 1 aliphatic heterocycles. The number of thiazole rings is 1. The predicted octanol–water partition coefficient (Wildman–Crippen LogP) is 3.98. The number of fused-ring (bicyclic) bond motifs is 1. The SMILES string of the molecule is CC(C)(C)CC(=O)OCC(=O)N1CCC[C@H](c2nc3ccccc3s2)C1. The number of carbonyl (C=O) groups excluding carboxylic acids is 2. The molecule has 1 aliphatic rings. The van der Waals surface area contributed by atoms with Crippen LogP contribution in [0.5, 0.6) is 0 Å². The van der Waals surface area contributed by atoms with Crippen LogP contribution in [0.4, 0.5) is 0 Å². The highest BCUT2D eigenvalue weighted by Crippen LogP contribution is 2.33. The van der Waals surface area contributed by atoms with Gasteiger partial charge in [0.15, 0.2) is 6.61 Å². The Morgan fingerprint density at radius 1 is 1.31 bits per heavy atom. The van der Waals surface area contributed by atoms with Gasteiger partial charge in [-0.15, -0.1) is 11.3 Å². The number of hydrogen-bond acceptors (Lipinski definition) is 5. The quantitative estimate of drug-likeness (QED) is 0.760. The van der Waals surface area contributed by atoms with Crippen molar-refractivity contribution >= 4 is 33.4 Å². The molecular weight excluding hydrogens is 348 g/mol. The number of para-hydroxylation sites is 1. The summed E-state index contributed by atoms with van der Waals surface area (Å²) in [5, 5.41) is 1.09. The number of piperidine rings is 1. The van der Waals surface area contributed by atoms with E-state index in [0.717, 1.165) is 29.9 Å². The Bertz CT molecular complexity index is 761. The highest BCUT2D eigenvalue weighted by molar-refractivity contribution is 7.18. The number of aromatic nitrogens is 1. The summed E-state index contributed by atoms with van der Waals surface area (Å²) in [6.07, 6.45) is 2.30. The van der Waals surface area contributed by atoms with Crippen molar-refractivity contribution in [2.24, 2.45) is 5.41 Å². The molecule has 1 atom stereocenters. The van der Waals surface area contributed by atoms with E-state index >= 15 is 0 Å². The lowest BCUT2D eigenvalue weighted by Gasteiger charge is -2.31. The van der Waals surface area contributed by atoms with Gasteiger partial charge in [-0.3, -0.25) is 9.59 Å². The zero-order valence-corrected chi connectivity index (χ0v) is 16.5. The van der Waals surface area contributed by atoms with Crippen molar-refractivity contribution in [1.29, 1.82) is 0 Å². The van der Waals surface area contributed by atoms with Gasteiger partial charge in [0.25, 0.3) is 5.91 Å². The Labute approximate surface area is 158 Å². The van der Waals surface area contributed by atoms with Gasteiger partial charge in [-0.2, -0.15) is 0 Å². The van der Waals surface area contributed by atoms with Crippen LogP contribution in [-0.4, -0.2) is 41.5 Å². The molecule has 2 aromatic rings. The van der Waals surface area contributed by atoms with Gasteiger partial charge in [0.1, 0.15) is 0 Å². The number of likely N-dealkylation sites (tertiary alicyclic amines) is 1. The van der Waals surface area contributed by atoms with E-state index in [1.165, 1.54) is 4.70 Å². The summed E-state index contributed by atoms with van der Waals surface area (Å²) >= 11 is 1.71. The molecule has 0 radical (unpaired) electrons. The van der Waals surface area contributed by atoms with Gasteiger partial charge >= 0.3 is 5.97 Å². The summed E-state index contributed by atoms with van der Waals surface area (Å²) in [6, 6.07) is 8.12. The molecule has 0 N–H and O–H groups in total. The van der Waals surface area contributed by atoms with Gasteiger partial charge in [0.2, 0.25) is 0 Å². The molecule has 26 heavy (non-hydrogen) atoms. The monoisotopic (exact) mass is 374 g/mol. The molecule has 1 amide bonds. The molecule has 2 heterocycles. The van der Waals surface area contributed by atoms with E-state index < -0.39 is 0 Å². The third-order valence-electron chi connectivity index (χ3n) is 4.47. The molecule has 3 rings (SSSR count). The Morgan fingerprint density at radius 2 is 2.08 bits per heavy atom. The smallest absolute Gasteiger partial charge is 0.306 e. The van der Waals surface area contributed by atoms with Crippen molar-refractivity contribution in [3.05, 3.63) is 29.3 Å². The zero-order chi connectivity index (χ0) is 18.7. The molecular formula is C20H26N2O3S. The number of rotatable bonds is 4. The van der Waals surface area contributed by atoms with E-state index in [1.807, 2.05) is 43.9 Å². The molecule has 5 nitrogen and oxygen atoms in total. The third-order valence-corrected chi connectivity index (χ3v) is 5.66. The second-order valence-corrected chi connectivity index (χ2v) is 9.16. The standard InChI is InChI=1S/C20H26N2O3S/c1-20(2,3)11-18(24)25-13-17(23)22-10-6-7-14(12-22)19-21-15-8-4-5-9-16(15)26-19/h4-5,8-9,14H,6-7,10-13H2,1-3H3/t14-/m0/s1. The summed E-state index contributed by atoms with van der Waals surface area (Å²) in [6.45, 7) is 7.13. The van der Waals surface area contributed by atoms with Gasteiger partial charge in [0, 0.05) is 19.0 Å². The van der Waals surface area contributed by atoms with Gasteiger partial charge in [-0.25, -0.2) is 4.98 Å². The number of esters is 1. The van der Waals surface area contributed by atoms with E-state index in [-0.39, 0.29) is 29.8 Å². The summed E-state index contributed by atoms with van der Waals surface area (Å²) < 4.78 is 6.36. The van der Waals surface area contributed by atoms with E-state index in [1.54, 1.807) is 11.3 Å². The first-order valence-electron chi connectivity index (χ1n) is 9.11. The van der Waals surface area contributed by atoms with Gasteiger partial charge in [-0.05, 0) is 30.4 Å². The molecule has 0 bridgehead atoms. The summed E-state index contributed by atoms with van der Waals surface area (Å²) in [7, 11) is 0. The molecule has 6 heteroatoms. The molecule has 1 aromatic carbocycles. The van der Waals surface area contributed by atoms with Gasteiger partial charge in [-0.1, -0.05) is 32.9 Å².